The SMILES string of the molecule is CCc1c(CN)nnn1C(C)C(C)C. The van der Waals surface area contributed by atoms with Gasteiger partial charge in [-0.3, -0.25) is 0 Å². The fourth-order valence-corrected chi connectivity index (χ4v) is 1.48. The third kappa shape index (κ3) is 1.95. The Morgan fingerprint density at radius 2 is 2.00 bits per heavy atom. The van der Waals surface area contributed by atoms with Gasteiger partial charge in [-0.25, -0.2) is 4.68 Å². The molecule has 0 bridgehead atoms. The van der Waals surface area contributed by atoms with Crippen molar-refractivity contribution < 1.29 is 0 Å². The Morgan fingerprint density at radius 1 is 1.36 bits per heavy atom. The minimum absolute atomic E-state index is 0.387. The molecule has 1 heterocycles. The predicted molar refractivity (Wildman–Crippen MR) is 56.8 cm³/mol. The highest BCUT2D eigenvalue weighted by molar-refractivity contribution is 5.10. The van der Waals surface area contributed by atoms with Crippen LogP contribution in [0.5, 0.6) is 0 Å². The summed E-state index contributed by atoms with van der Waals surface area (Å²) in [7, 11) is 0. The fraction of sp³-hybridized carbons (Fsp3) is 0.800. The standard InChI is InChI=1S/C10H20N4/c1-5-10-9(6-11)12-13-14(10)8(4)7(2)3/h7-8H,5-6,11H2,1-4H3. The van der Waals surface area contributed by atoms with Crippen LogP contribution in [0, 0.1) is 5.92 Å². The molecule has 0 fully saturated rings. The molecule has 0 spiro atoms. The number of nitrogens with two attached hydrogens (primary N) is 1. The van der Waals surface area contributed by atoms with Crippen LogP contribution in [0.15, 0.2) is 0 Å². The lowest BCUT2D eigenvalue weighted by Gasteiger charge is -2.17. The average Bonchev–Trinajstić information content (AvgIpc) is 2.58. The minimum Gasteiger partial charge on any atom is -0.325 e. The summed E-state index contributed by atoms with van der Waals surface area (Å²) in [5, 5.41) is 8.26. The van der Waals surface area contributed by atoms with Gasteiger partial charge in [0.05, 0.1) is 17.4 Å². The summed E-state index contributed by atoms with van der Waals surface area (Å²) in [6, 6.07) is 0.387. The molecule has 1 unspecified atom stereocenters. The van der Waals surface area contributed by atoms with Crippen molar-refractivity contribution in [2.75, 3.05) is 0 Å². The molecule has 14 heavy (non-hydrogen) atoms. The van der Waals surface area contributed by atoms with Crippen LogP contribution in [-0.2, 0) is 13.0 Å². The lowest BCUT2D eigenvalue weighted by molar-refractivity contribution is 0.359. The molecule has 0 aliphatic heterocycles. The predicted octanol–water partition coefficient (Wildman–Crippen LogP) is 1.52. The van der Waals surface area contributed by atoms with Crippen molar-refractivity contribution in [2.24, 2.45) is 11.7 Å². The van der Waals surface area contributed by atoms with E-state index in [4.69, 9.17) is 5.73 Å². The summed E-state index contributed by atoms with van der Waals surface area (Å²) in [6.07, 6.45) is 0.941. The maximum Gasteiger partial charge on any atom is 0.0994 e. The van der Waals surface area contributed by atoms with Gasteiger partial charge in [0.1, 0.15) is 0 Å². The van der Waals surface area contributed by atoms with Gasteiger partial charge < -0.3 is 5.73 Å². The van der Waals surface area contributed by atoms with Crippen LogP contribution in [-0.4, -0.2) is 15.0 Å². The molecule has 1 aromatic rings. The zero-order valence-corrected chi connectivity index (χ0v) is 9.49. The van der Waals surface area contributed by atoms with E-state index in [1.54, 1.807) is 0 Å². The molecule has 1 aromatic heterocycles. The molecule has 4 nitrogen and oxygen atoms in total. The first kappa shape index (κ1) is 11.2. The quantitative estimate of drug-likeness (QED) is 0.794. The Labute approximate surface area is 85.5 Å². The third-order valence-electron chi connectivity index (χ3n) is 2.75. The molecule has 4 heteroatoms. The Bertz CT molecular complexity index is 290. The third-order valence-corrected chi connectivity index (χ3v) is 2.75. The number of nitrogens with zero attached hydrogens (tertiary/aromatic N) is 3. The zero-order valence-electron chi connectivity index (χ0n) is 9.49. The molecule has 0 amide bonds. The fourth-order valence-electron chi connectivity index (χ4n) is 1.48. The van der Waals surface area contributed by atoms with Crippen LogP contribution in [0.3, 0.4) is 0 Å². The molecule has 0 saturated carbocycles. The van der Waals surface area contributed by atoms with E-state index < -0.39 is 0 Å². The van der Waals surface area contributed by atoms with E-state index in [2.05, 4.69) is 38.0 Å². The van der Waals surface area contributed by atoms with Crippen molar-refractivity contribution >= 4 is 0 Å². The first-order valence-electron chi connectivity index (χ1n) is 5.24. The van der Waals surface area contributed by atoms with E-state index in [9.17, 15) is 0 Å². The summed E-state index contributed by atoms with van der Waals surface area (Å²) < 4.78 is 2.01. The molecule has 0 saturated heterocycles. The molecule has 0 radical (unpaired) electrons. The van der Waals surface area contributed by atoms with Crippen molar-refractivity contribution in [3.63, 3.8) is 0 Å². The minimum atomic E-state index is 0.387. The van der Waals surface area contributed by atoms with Crippen molar-refractivity contribution in [1.82, 2.24) is 15.0 Å². The second kappa shape index (κ2) is 4.55. The van der Waals surface area contributed by atoms with Crippen molar-refractivity contribution in [1.29, 1.82) is 0 Å². The molecule has 0 aliphatic rings. The summed E-state index contributed by atoms with van der Waals surface area (Å²) in [4.78, 5) is 0. The summed E-state index contributed by atoms with van der Waals surface area (Å²) in [5.41, 5.74) is 7.71. The van der Waals surface area contributed by atoms with Crippen molar-refractivity contribution in [2.45, 2.75) is 46.7 Å². The molecular formula is C10H20N4. The smallest absolute Gasteiger partial charge is 0.0994 e. The van der Waals surface area contributed by atoms with E-state index in [-0.39, 0.29) is 0 Å². The lowest BCUT2D eigenvalue weighted by Crippen LogP contribution is -2.16. The average molecular weight is 196 g/mol. The van der Waals surface area contributed by atoms with Crippen LogP contribution in [0.1, 0.15) is 45.1 Å². The molecule has 0 aliphatic carbocycles. The van der Waals surface area contributed by atoms with Crippen molar-refractivity contribution in [3.8, 4) is 0 Å². The van der Waals surface area contributed by atoms with Crippen molar-refractivity contribution in [3.05, 3.63) is 11.4 Å². The second-order valence-corrected chi connectivity index (χ2v) is 3.97. The van der Waals surface area contributed by atoms with Crippen LogP contribution in [0.25, 0.3) is 0 Å². The van der Waals surface area contributed by atoms with Gasteiger partial charge >= 0.3 is 0 Å². The Balaban J connectivity index is 3.02. The van der Waals surface area contributed by atoms with Gasteiger partial charge in [-0.05, 0) is 19.3 Å². The molecule has 2 N–H and O–H groups in total. The lowest BCUT2D eigenvalue weighted by atomic mass is 10.1. The monoisotopic (exact) mass is 196 g/mol. The number of rotatable bonds is 4. The highest BCUT2D eigenvalue weighted by atomic mass is 15.4. The maximum absolute atomic E-state index is 5.60. The van der Waals surface area contributed by atoms with Crippen LogP contribution < -0.4 is 5.73 Å². The second-order valence-electron chi connectivity index (χ2n) is 3.97. The van der Waals surface area contributed by atoms with Gasteiger partial charge in [0.25, 0.3) is 0 Å². The van der Waals surface area contributed by atoms with E-state index in [1.165, 1.54) is 5.69 Å². The number of hydrogen-bond donors (Lipinski definition) is 1. The maximum atomic E-state index is 5.60. The highest BCUT2D eigenvalue weighted by Gasteiger charge is 2.16. The highest BCUT2D eigenvalue weighted by Crippen LogP contribution is 2.19. The van der Waals surface area contributed by atoms with Crippen LogP contribution in [0.2, 0.25) is 0 Å². The van der Waals surface area contributed by atoms with Gasteiger partial charge in [-0.15, -0.1) is 5.10 Å². The van der Waals surface area contributed by atoms with E-state index >= 15 is 0 Å². The Hall–Kier alpha value is -0.900. The first-order chi connectivity index (χ1) is 6.61. The Kier molecular flexibility index (Phi) is 3.63. The van der Waals surface area contributed by atoms with Gasteiger partial charge in [0.2, 0.25) is 0 Å². The van der Waals surface area contributed by atoms with Gasteiger partial charge in [0, 0.05) is 6.54 Å². The van der Waals surface area contributed by atoms with Gasteiger partial charge in [-0.2, -0.15) is 0 Å². The summed E-state index contributed by atoms with van der Waals surface area (Å²) in [5.74, 6) is 0.563. The first-order valence-corrected chi connectivity index (χ1v) is 5.24. The van der Waals surface area contributed by atoms with Crippen LogP contribution >= 0.6 is 0 Å². The molecule has 1 rings (SSSR count). The number of aromatic nitrogens is 3. The van der Waals surface area contributed by atoms with E-state index in [1.807, 2.05) is 4.68 Å². The van der Waals surface area contributed by atoms with E-state index in [0.717, 1.165) is 12.1 Å². The largest absolute Gasteiger partial charge is 0.325 e. The molecular weight excluding hydrogens is 176 g/mol. The zero-order chi connectivity index (χ0) is 10.7. The summed E-state index contributed by atoms with van der Waals surface area (Å²) in [6.45, 7) is 9.13. The Morgan fingerprint density at radius 3 is 2.43 bits per heavy atom. The van der Waals surface area contributed by atoms with E-state index in [0.29, 0.717) is 18.5 Å². The van der Waals surface area contributed by atoms with Crippen LogP contribution in [0.4, 0.5) is 0 Å². The van der Waals surface area contributed by atoms with Gasteiger partial charge in [-0.1, -0.05) is 26.0 Å². The normalized spacial score (nSPS) is 13.6. The summed E-state index contributed by atoms with van der Waals surface area (Å²) >= 11 is 0. The molecule has 1 atom stereocenters. The number of hydrogen-bond acceptors (Lipinski definition) is 3. The molecule has 80 valence electrons. The topological polar surface area (TPSA) is 56.7 Å². The van der Waals surface area contributed by atoms with Gasteiger partial charge in [0.15, 0.2) is 0 Å². The molecule has 0 aromatic carbocycles.